The molecule has 1 fully saturated rings. The summed E-state index contributed by atoms with van der Waals surface area (Å²) in [5, 5.41) is 2.60. The summed E-state index contributed by atoms with van der Waals surface area (Å²) in [5.74, 6) is -0.0277. The van der Waals surface area contributed by atoms with Gasteiger partial charge in [0.1, 0.15) is 0 Å². The normalized spacial score (nSPS) is 19.4. The van der Waals surface area contributed by atoms with E-state index in [1.165, 1.54) is 19.3 Å². The Morgan fingerprint density at radius 1 is 1.27 bits per heavy atom. The predicted molar refractivity (Wildman–Crippen MR) is 62.7 cm³/mol. The molecule has 3 heteroatoms. The van der Waals surface area contributed by atoms with Crippen molar-refractivity contribution in [2.24, 2.45) is 0 Å². The van der Waals surface area contributed by atoms with Crippen LogP contribution in [-0.4, -0.2) is 36.5 Å². The van der Waals surface area contributed by atoms with E-state index in [4.69, 9.17) is 0 Å². The van der Waals surface area contributed by atoms with Crippen molar-refractivity contribution in [3.8, 4) is 0 Å². The Balaban J connectivity index is 2.56. The minimum atomic E-state index is -0.0277. The van der Waals surface area contributed by atoms with Crippen molar-refractivity contribution >= 4 is 5.91 Å². The Bertz CT molecular complexity index is 240. The molecule has 0 atom stereocenters. The third-order valence-corrected chi connectivity index (χ3v) is 3.06. The molecule has 0 aromatic carbocycles. The Morgan fingerprint density at radius 2 is 1.87 bits per heavy atom. The fraction of sp³-hybridized carbons (Fsp3) is 0.750. The van der Waals surface area contributed by atoms with Crippen LogP contribution in [0.15, 0.2) is 12.2 Å². The Morgan fingerprint density at radius 3 is 2.40 bits per heavy atom. The van der Waals surface area contributed by atoms with E-state index < -0.39 is 0 Å². The fourth-order valence-corrected chi connectivity index (χ4v) is 1.94. The van der Waals surface area contributed by atoms with E-state index in [0.717, 1.165) is 13.1 Å². The van der Waals surface area contributed by atoms with Crippen LogP contribution in [0.25, 0.3) is 0 Å². The first-order valence-electron chi connectivity index (χ1n) is 5.72. The van der Waals surface area contributed by atoms with E-state index in [1.54, 1.807) is 13.1 Å². The highest BCUT2D eigenvalue weighted by Crippen LogP contribution is 2.21. The van der Waals surface area contributed by atoms with Gasteiger partial charge in [-0.3, -0.25) is 9.69 Å². The molecule has 0 saturated carbocycles. The maximum Gasteiger partial charge on any atom is 0.243 e. The molecule has 15 heavy (non-hydrogen) atoms. The zero-order valence-corrected chi connectivity index (χ0v) is 10.0. The first-order valence-corrected chi connectivity index (χ1v) is 5.72. The van der Waals surface area contributed by atoms with E-state index >= 15 is 0 Å². The van der Waals surface area contributed by atoms with E-state index in [2.05, 4.69) is 24.1 Å². The van der Waals surface area contributed by atoms with Gasteiger partial charge in [0.25, 0.3) is 0 Å². The molecule has 0 bridgehead atoms. The third-order valence-electron chi connectivity index (χ3n) is 3.06. The fourth-order valence-electron chi connectivity index (χ4n) is 1.94. The minimum absolute atomic E-state index is 0.00701. The second-order valence-electron chi connectivity index (χ2n) is 4.65. The molecule has 86 valence electrons. The minimum Gasteiger partial charge on any atom is -0.356 e. The van der Waals surface area contributed by atoms with Crippen molar-refractivity contribution in [2.75, 3.05) is 20.1 Å². The van der Waals surface area contributed by atoms with Crippen molar-refractivity contribution in [3.05, 3.63) is 12.2 Å². The molecule has 1 heterocycles. The highest BCUT2D eigenvalue weighted by Gasteiger charge is 2.25. The summed E-state index contributed by atoms with van der Waals surface area (Å²) in [6.07, 6.45) is 7.52. The summed E-state index contributed by atoms with van der Waals surface area (Å²) >= 11 is 0. The molecule has 1 N–H and O–H groups in total. The maximum absolute atomic E-state index is 11.1. The number of likely N-dealkylation sites (N-methyl/N-ethyl adjacent to an activating group) is 1. The molecule has 0 unspecified atom stereocenters. The summed E-state index contributed by atoms with van der Waals surface area (Å²) < 4.78 is 0. The van der Waals surface area contributed by atoms with E-state index in [0.29, 0.717) is 0 Å². The standard InChI is InChI=1S/C12H22N2O/c1-12(2,8-7-11(15)13-3)14-9-5-4-6-10-14/h7-8H,4-6,9-10H2,1-3H3,(H,13,15). The topological polar surface area (TPSA) is 32.3 Å². The van der Waals surface area contributed by atoms with Crippen molar-refractivity contribution in [3.63, 3.8) is 0 Å². The second kappa shape index (κ2) is 5.31. The van der Waals surface area contributed by atoms with Gasteiger partial charge in [-0.25, -0.2) is 0 Å². The summed E-state index contributed by atoms with van der Waals surface area (Å²) in [4.78, 5) is 13.6. The molecule has 3 nitrogen and oxygen atoms in total. The summed E-state index contributed by atoms with van der Waals surface area (Å²) in [7, 11) is 1.65. The lowest BCUT2D eigenvalue weighted by atomic mass is 9.98. The van der Waals surface area contributed by atoms with Crippen molar-refractivity contribution < 1.29 is 4.79 Å². The van der Waals surface area contributed by atoms with Crippen LogP contribution >= 0.6 is 0 Å². The molecular formula is C12H22N2O. The second-order valence-corrected chi connectivity index (χ2v) is 4.65. The summed E-state index contributed by atoms with van der Waals surface area (Å²) in [6.45, 7) is 6.62. The number of nitrogens with zero attached hydrogens (tertiary/aromatic N) is 1. The monoisotopic (exact) mass is 210 g/mol. The molecule has 0 aromatic rings. The lowest BCUT2D eigenvalue weighted by Crippen LogP contribution is -2.45. The van der Waals surface area contributed by atoms with E-state index in [-0.39, 0.29) is 11.4 Å². The van der Waals surface area contributed by atoms with Gasteiger partial charge in [0, 0.05) is 18.7 Å². The van der Waals surface area contributed by atoms with Crippen LogP contribution < -0.4 is 5.32 Å². The first-order chi connectivity index (χ1) is 7.06. The van der Waals surface area contributed by atoms with Crippen LogP contribution in [0.1, 0.15) is 33.1 Å². The number of hydrogen-bond acceptors (Lipinski definition) is 2. The lowest BCUT2D eigenvalue weighted by molar-refractivity contribution is -0.116. The van der Waals surface area contributed by atoms with Crippen LogP contribution in [0.5, 0.6) is 0 Å². The zero-order valence-electron chi connectivity index (χ0n) is 10.0. The van der Waals surface area contributed by atoms with Crippen molar-refractivity contribution in [2.45, 2.75) is 38.6 Å². The summed E-state index contributed by atoms with van der Waals surface area (Å²) in [5.41, 5.74) is -0.00701. The quantitative estimate of drug-likeness (QED) is 0.717. The maximum atomic E-state index is 11.1. The Hall–Kier alpha value is -0.830. The van der Waals surface area contributed by atoms with Crippen molar-refractivity contribution in [1.29, 1.82) is 0 Å². The van der Waals surface area contributed by atoms with Crippen LogP contribution in [0, 0.1) is 0 Å². The lowest BCUT2D eigenvalue weighted by Gasteiger charge is -2.39. The molecule has 1 amide bonds. The molecule has 0 radical (unpaired) electrons. The molecule has 1 aliphatic heterocycles. The van der Waals surface area contributed by atoms with E-state index in [9.17, 15) is 4.79 Å². The SMILES string of the molecule is CNC(=O)C=CC(C)(C)N1CCCCC1. The average molecular weight is 210 g/mol. The molecule has 1 saturated heterocycles. The van der Waals surface area contributed by atoms with Crippen LogP contribution in [-0.2, 0) is 4.79 Å². The van der Waals surface area contributed by atoms with Gasteiger partial charge in [-0.15, -0.1) is 0 Å². The molecule has 0 aliphatic carbocycles. The summed E-state index contributed by atoms with van der Waals surface area (Å²) in [6, 6.07) is 0. The van der Waals surface area contributed by atoms with Gasteiger partial charge >= 0.3 is 0 Å². The first kappa shape index (κ1) is 12.2. The smallest absolute Gasteiger partial charge is 0.243 e. The van der Waals surface area contributed by atoms with Gasteiger partial charge in [0.2, 0.25) is 5.91 Å². The number of carbonyl (C=O) groups excluding carboxylic acids is 1. The number of amides is 1. The number of hydrogen-bond donors (Lipinski definition) is 1. The van der Waals surface area contributed by atoms with Crippen LogP contribution in [0.3, 0.4) is 0 Å². The van der Waals surface area contributed by atoms with Gasteiger partial charge in [0.15, 0.2) is 0 Å². The zero-order chi connectivity index (χ0) is 11.3. The van der Waals surface area contributed by atoms with Crippen molar-refractivity contribution in [1.82, 2.24) is 10.2 Å². The van der Waals surface area contributed by atoms with Gasteiger partial charge in [0.05, 0.1) is 0 Å². The third kappa shape index (κ3) is 3.67. The molecule has 1 rings (SSSR count). The number of rotatable bonds is 3. The van der Waals surface area contributed by atoms with Gasteiger partial charge in [-0.2, -0.15) is 0 Å². The van der Waals surface area contributed by atoms with Gasteiger partial charge < -0.3 is 5.32 Å². The van der Waals surface area contributed by atoms with E-state index in [1.807, 2.05) is 6.08 Å². The molecule has 1 aliphatic rings. The van der Waals surface area contributed by atoms with Gasteiger partial charge in [-0.1, -0.05) is 12.5 Å². The molecule has 0 aromatic heterocycles. The molecular weight excluding hydrogens is 188 g/mol. The predicted octanol–water partition coefficient (Wildman–Crippen LogP) is 1.55. The highest BCUT2D eigenvalue weighted by atomic mass is 16.1. The number of carbonyl (C=O) groups is 1. The Labute approximate surface area is 92.5 Å². The van der Waals surface area contributed by atoms with Crippen LogP contribution in [0.4, 0.5) is 0 Å². The van der Waals surface area contributed by atoms with Gasteiger partial charge in [-0.05, 0) is 39.8 Å². The number of piperidine rings is 1. The number of likely N-dealkylation sites (tertiary alicyclic amines) is 1. The van der Waals surface area contributed by atoms with Crippen LogP contribution in [0.2, 0.25) is 0 Å². The molecule has 0 spiro atoms. The largest absolute Gasteiger partial charge is 0.356 e. The average Bonchev–Trinajstić information content (AvgIpc) is 2.27. The highest BCUT2D eigenvalue weighted by molar-refractivity contribution is 5.87. The Kier molecular flexibility index (Phi) is 4.33. The number of nitrogens with one attached hydrogen (secondary N) is 1.